The molecule has 3 aliphatic rings. The molecule has 0 bridgehead atoms. The normalized spacial score (nSPS) is 17.1. The SMILES string of the molecule is Cc1cc2c(cc1N1c3cc(-c4ccccc4)ccc3[B]c3c(-c4cc5c(cc4Nc4ccc(-c6ccccc6)cc4)C(C)(C)CCC5(C)C)cc4oc5ccccc5c4c31)C(C)(C)CCC2(C)C. The summed E-state index contributed by atoms with van der Waals surface area (Å²) in [6, 6.07) is 58.6. The molecule has 0 unspecified atom stereocenters. The first-order valence-electron chi connectivity index (χ1n) is 25.2. The number of hydrogen-bond acceptors (Lipinski definition) is 3. The fourth-order valence-corrected chi connectivity index (χ4v) is 12.1. The van der Waals surface area contributed by atoms with Crippen molar-refractivity contribution in [1.82, 2.24) is 0 Å². The van der Waals surface area contributed by atoms with E-state index in [1.807, 2.05) is 0 Å². The number of anilines is 5. The Labute approximate surface area is 409 Å². The Hall–Kier alpha value is -6.78. The minimum absolute atomic E-state index is 0.00397. The van der Waals surface area contributed by atoms with Crippen molar-refractivity contribution in [2.75, 3.05) is 10.2 Å². The van der Waals surface area contributed by atoms with Crippen LogP contribution in [0.5, 0.6) is 0 Å². The van der Waals surface area contributed by atoms with E-state index in [1.165, 1.54) is 84.4 Å². The quantitative estimate of drug-likeness (QED) is 0.169. The van der Waals surface area contributed by atoms with Gasteiger partial charge in [-0.15, -0.1) is 0 Å². The van der Waals surface area contributed by atoms with Gasteiger partial charge in [-0.2, -0.15) is 0 Å². The van der Waals surface area contributed by atoms with Crippen LogP contribution in [0.3, 0.4) is 0 Å². The van der Waals surface area contributed by atoms with Gasteiger partial charge in [0.2, 0.25) is 0 Å². The van der Waals surface area contributed by atoms with Crippen LogP contribution in [0.1, 0.15) is 109 Å². The number of hydrogen-bond donors (Lipinski definition) is 1. The molecule has 4 heteroatoms. The first-order valence-corrected chi connectivity index (χ1v) is 25.2. The zero-order valence-electron chi connectivity index (χ0n) is 41.8. The van der Waals surface area contributed by atoms with Crippen LogP contribution in [-0.2, 0) is 21.7 Å². The summed E-state index contributed by atoms with van der Waals surface area (Å²) in [5, 5.41) is 6.30. The molecule has 1 radical (unpaired) electrons. The number of aryl methyl sites for hydroxylation is 1. The molecule has 9 aromatic rings. The van der Waals surface area contributed by atoms with E-state index >= 15 is 0 Å². The maximum Gasteiger partial charge on any atom is 0.197 e. The minimum Gasteiger partial charge on any atom is -0.456 e. The Morgan fingerprint density at radius 1 is 0.478 bits per heavy atom. The van der Waals surface area contributed by atoms with Crippen molar-refractivity contribution in [2.24, 2.45) is 0 Å². The molecule has 1 aromatic heterocycles. The maximum atomic E-state index is 7.07. The lowest BCUT2D eigenvalue weighted by Gasteiger charge is -2.44. The highest BCUT2D eigenvalue weighted by atomic mass is 16.3. The second-order valence-electron chi connectivity index (χ2n) is 23.0. The lowest BCUT2D eigenvalue weighted by Crippen LogP contribution is -2.42. The molecular weight excluding hydrogens is 836 g/mol. The molecule has 0 atom stereocenters. The van der Waals surface area contributed by atoms with Gasteiger partial charge in [0.1, 0.15) is 11.2 Å². The van der Waals surface area contributed by atoms with Crippen LogP contribution in [0.4, 0.5) is 28.4 Å². The second kappa shape index (κ2) is 15.6. The van der Waals surface area contributed by atoms with Crippen LogP contribution >= 0.6 is 0 Å². The zero-order valence-corrected chi connectivity index (χ0v) is 41.8. The van der Waals surface area contributed by atoms with Crippen molar-refractivity contribution in [3.05, 3.63) is 186 Å². The number of nitrogens with one attached hydrogen (secondary N) is 1. The van der Waals surface area contributed by atoms with Gasteiger partial charge in [0.15, 0.2) is 7.28 Å². The third kappa shape index (κ3) is 7.16. The summed E-state index contributed by atoms with van der Waals surface area (Å²) in [6.45, 7) is 21.8. The molecule has 0 saturated carbocycles. The average molecular weight is 898 g/mol. The third-order valence-corrected chi connectivity index (χ3v) is 16.5. The first kappa shape index (κ1) is 43.5. The number of rotatable bonds is 6. The molecule has 2 aliphatic carbocycles. The van der Waals surface area contributed by atoms with Gasteiger partial charge in [-0.05, 0) is 164 Å². The Morgan fingerprint density at radius 2 is 1.01 bits per heavy atom. The summed E-state index contributed by atoms with van der Waals surface area (Å²) in [5.74, 6) is 0. The van der Waals surface area contributed by atoms with Crippen molar-refractivity contribution in [3.63, 3.8) is 0 Å². The highest BCUT2D eigenvalue weighted by Gasteiger charge is 2.41. The monoisotopic (exact) mass is 897 g/mol. The van der Waals surface area contributed by atoms with Gasteiger partial charge < -0.3 is 14.6 Å². The molecule has 3 nitrogen and oxygen atoms in total. The van der Waals surface area contributed by atoms with Crippen LogP contribution < -0.4 is 21.1 Å². The van der Waals surface area contributed by atoms with E-state index in [9.17, 15) is 0 Å². The molecular formula is C65H62BN2O. The molecule has 0 saturated heterocycles. The van der Waals surface area contributed by atoms with Crippen molar-refractivity contribution in [3.8, 4) is 33.4 Å². The maximum absolute atomic E-state index is 7.07. The molecule has 1 N–H and O–H groups in total. The Bertz CT molecular complexity index is 3500. The number of benzene rings is 8. The predicted octanol–water partition coefficient (Wildman–Crippen LogP) is 16.8. The molecule has 0 amide bonds. The first-order chi connectivity index (χ1) is 33.1. The zero-order chi connectivity index (χ0) is 47.6. The van der Waals surface area contributed by atoms with E-state index in [0.717, 1.165) is 63.8 Å². The summed E-state index contributed by atoms with van der Waals surface area (Å²) in [4.78, 5) is 2.62. The molecule has 341 valence electrons. The summed E-state index contributed by atoms with van der Waals surface area (Å²) >= 11 is 0. The van der Waals surface area contributed by atoms with Crippen LogP contribution in [-0.4, -0.2) is 7.28 Å². The summed E-state index contributed by atoms with van der Waals surface area (Å²) in [7, 11) is 2.47. The molecule has 69 heavy (non-hydrogen) atoms. The van der Waals surface area contributed by atoms with Crippen LogP contribution in [0, 0.1) is 6.92 Å². The average Bonchev–Trinajstić information content (AvgIpc) is 3.73. The molecule has 8 aromatic carbocycles. The third-order valence-electron chi connectivity index (χ3n) is 16.5. The van der Waals surface area contributed by atoms with Gasteiger partial charge in [-0.1, -0.05) is 170 Å². The van der Waals surface area contributed by atoms with E-state index in [2.05, 4.69) is 238 Å². The predicted molar refractivity (Wildman–Crippen MR) is 295 cm³/mol. The molecule has 0 spiro atoms. The van der Waals surface area contributed by atoms with E-state index in [1.54, 1.807) is 0 Å². The number of para-hydroxylation sites is 1. The van der Waals surface area contributed by atoms with Crippen molar-refractivity contribution >= 4 is 68.6 Å². The van der Waals surface area contributed by atoms with Gasteiger partial charge in [0, 0.05) is 33.7 Å². The van der Waals surface area contributed by atoms with E-state index in [4.69, 9.17) is 4.42 Å². The van der Waals surface area contributed by atoms with Crippen molar-refractivity contribution in [1.29, 1.82) is 0 Å². The summed E-state index contributed by atoms with van der Waals surface area (Å²) in [6.07, 6.45) is 4.58. The minimum atomic E-state index is -0.00397. The summed E-state index contributed by atoms with van der Waals surface area (Å²) < 4.78 is 7.07. The highest BCUT2D eigenvalue weighted by Crippen LogP contribution is 2.54. The number of fused-ring (bicyclic) bond motifs is 8. The van der Waals surface area contributed by atoms with Gasteiger partial charge in [-0.3, -0.25) is 0 Å². The van der Waals surface area contributed by atoms with E-state index in [-0.39, 0.29) is 21.7 Å². The van der Waals surface area contributed by atoms with E-state index in [0.29, 0.717) is 0 Å². The summed E-state index contributed by atoms with van der Waals surface area (Å²) in [5.41, 5.74) is 24.2. The van der Waals surface area contributed by atoms with Gasteiger partial charge in [0.25, 0.3) is 0 Å². The van der Waals surface area contributed by atoms with Crippen LogP contribution in [0.2, 0.25) is 0 Å². The van der Waals surface area contributed by atoms with Crippen LogP contribution in [0.25, 0.3) is 55.3 Å². The van der Waals surface area contributed by atoms with Crippen LogP contribution in [0.15, 0.2) is 162 Å². The fourth-order valence-electron chi connectivity index (χ4n) is 12.1. The van der Waals surface area contributed by atoms with Crippen molar-refractivity contribution < 1.29 is 4.42 Å². The Balaban J connectivity index is 1.16. The lowest BCUT2D eigenvalue weighted by atomic mass is 9.57. The smallest absolute Gasteiger partial charge is 0.197 e. The van der Waals surface area contributed by atoms with E-state index < -0.39 is 0 Å². The molecule has 0 fully saturated rings. The number of furan rings is 1. The van der Waals surface area contributed by atoms with Gasteiger partial charge >= 0.3 is 0 Å². The topological polar surface area (TPSA) is 28.4 Å². The fraction of sp³-hybridized carbons (Fsp3) is 0.262. The standard InChI is InChI=1S/C65H62BN2O/c1-40-34-49-52(65(8,9)33-30-62(49,2)3)39-55(40)68-56-35-44(42-20-14-11-15-21-42)26-29-53(56)66-60-48(37-58-59(61(60)68)46-22-16-17-23-57(46)69-58)47-36-50-51(64(6,7)32-31-63(50,4)5)38-54(47)67-45-27-24-43(25-28-45)41-18-12-10-13-19-41/h10-29,34-39,67H,30-33H2,1-9H3. The highest BCUT2D eigenvalue weighted by molar-refractivity contribution is 6.74. The van der Waals surface area contributed by atoms with Gasteiger partial charge in [-0.25, -0.2) is 0 Å². The molecule has 1 aliphatic heterocycles. The second-order valence-corrected chi connectivity index (χ2v) is 23.0. The number of nitrogens with zero attached hydrogens (tertiary/aromatic N) is 1. The molecule has 12 rings (SSSR count). The van der Waals surface area contributed by atoms with Crippen molar-refractivity contribution in [2.45, 2.75) is 110 Å². The Morgan fingerprint density at radius 3 is 1.67 bits per heavy atom. The molecule has 2 heterocycles. The Kier molecular flexibility index (Phi) is 9.85. The van der Waals surface area contributed by atoms with Gasteiger partial charge in [0.05, 0.1) is 11.1 Å². The lowest BCUT2D eigenvalue weighted by molar-refractivity contribution is 0.332. The largest absolute Gasteiger partial charge is 0.456 e.